The van der Waals surface area contributed by atoms with Gasteiger partial charge >= 0.3 is 5.97 Å². The Bertz CT molecular complexity index is 506. The molecule has 0 spiro atoms. The molecule has 1 aromatic rings. The molecule has 0 aliphatic carbocycles. The maximum atomic E-state index is 12.5. The van der Waals surface area contributed by atoms with Crippen LogP contribution in [0, 0.1) is 0 Å². The normalized spacial score (nSPS) is 18.7. The van der Waals surface area contributed by atoms with Crippen LogP contribution in [0.5, 0.6) is 0 Å². The average Bonchev–Trinajstić information content (AvgIpc) is 2.53. The highest BCUT2D eigenvalue weighted by atomic mass is 35.5. The van der Waals surface area contributed by atoms with Crippen LogP contribution in [-0.2, 0) is 20.1 Å². The van der Waals surface area contributed by atoms with Crippen molar-refractivity contribution in [1.29, 1.82) is 0 Å². The molecular formula is C14H16ClNO4. The largest absolute Gasteiger partial charge is 0.467 e. The van der Waals surface area contributed by atoms with Crippen molar-refractivity contribution in [3.8, 4) is 0 Å². The molecule has 1 heterocycles. The average molecular weight is 298 g/mol. The molecule has 0 saturated carbocycles. The Balaban J connectivity index is 2.22. The number of ether oxygens (including phenoxy) is 2. The summed E-state index contributed by atoms with van der Waals surface area (Å²) in [5.41, 5.74) is 1.37. The summed E-state index contributed by atoms with van der Waals surface area (Å²) in [7, 11) is 1.30. The Morgan fingerprint density at radius 1 is 1.50 bits per heavy atom. The third-order valence-electron chi connectivity index (χ3n) is 3.19. The fourth-order valence-corrected chi connectivity index (χ4v) is 2.30. The number of methoxy groups -OCH3 is 1. The van der Waals surface area contributed by atoms with Gasteiger partial charge in [0.15, 0.2) is 6.04 Å². The van der Waals surface area contributed by atoms with E-state index in [9.17, 15) is 9.59 Å². The Labute approximate surface area is 122 Å². The third-order valence-corrected chi connectivity index (χ3v) is 3.50. The Hall–Kier alpha value is -1.59. The van der Waals surface area contributed by atoms with Gasteiger partial charge in [-0.3, -0.25) is 4.79 Å². The predicted octanol–water partition coefficient (Wildman–Crippen LogP) is 1.44. The lowest BCUT2D eigenvalue weighted by molar-refractivity contribution is -0.151. The van der Waals surface area contributed by atoms with E-state index in [1.807, 2.05) is 6.07 Å². The summed E-state index contributed by atoms with van der Waals surface area (Å²) in [6.07, 6.45) is 0. The monoisotopic (exact) mass is 297 g/mol. The lowest BCUT2D eigenvalue weighted by Gasteiger charge is -2.33. The number of carbonyl (C=O) groups excluding carboxylic acids is 2. The molecule has 1 unspecified atom stereocenters. The zero-order valence-electron chi connectivity index (χ0n) is 11.2. The maximum absolute atomic E-state index is 12.5. The third kappa shape index (κ3) is 3.11. The van der Waals surface area contributed by atoms with Gasteiger partial charge in [-0.05, 0) is 17.7 Å². The van der Waals surface area contributed by atoms with Crippen LogP contribution in [0.25, 0.3) is 0 Å². The highest BCUT2D eigenvalue weighted by Gasteiger charge is 2.34. The second kappa shape index (κ2) is 6.72. The summed E-state index contributed by atoms with van der Waals surface area (Å²) in [5.74, 6) is -0.341. The van der Waals surface area contributed by atoms with Crippen molar-refractivity contribution in [3.63, 3.8) is 0 Å². The number of benzene rings is 1. The van der Waals surface area contributed by atoms with Crippen LogP contribution in [0.15, 0.2) is 24.3 Å². The molecule has 1 aliphatic heterocycles. The van der Waals surface area contributed by atoms with E-state index in [0.29, 0.717) is 24.6 Å². The summed E-state index contributed by atoms with van der Waals surface area (Å²) in [6.45, 7) is 0.936. The minimum atomic E-state index is -0.694. The molecule has 108 valence electrons. The topological polar surface area (TPSA) is 55.8 Å². The highest BCUT2D eigenvalue weighted by Crippen LogP contribution is 2.15. The Morgan fingerprint density at radius 2 is 2.30 bits per heavy atom. The van der Waals surface area contributed by atoms with Gasteiger partial charge in [0.05, 0.1) is 20.3 Å². The molecule has 0 N–H and O–H groups in total. The standard InChI is InChI=1S/C14H16ClNO4/c1-19-14(18)12-9-20-6-5-16(12)13(17)11-4-2-3-10(7-11)8-15/h2-4,7,12H,5-6,8-9H2,1H3. The molecule has 5 nitrogen and oxygen atoms in total. The van der Waals surface area contributed by atoms with E-state index in [-0.39, 0.29) is 12.5 Å². The van der Waals surface area contributed by atoms with Crippen molar-refractivity contribution in [1.82, 2.24) is 4.90 Å². The first-order valence-corrected chi connectivity index (χ1v) is 6.82. The number of alkyl halides is 1. The summed E-state index contributed by atoms with van der Waals surface area (Å²) in [6, 6.07) is 6.38. The summed E-state index contributed by atoms with van der Waals surface area (Å²) >= 11 is 5.77. The quantitative estimate of drug-likeness (QED) is 0.626. The zero-order valence-corrected chi connectivity index (χ0v) is 11.9. The Kier molecular flexibility index (Phi) is 4.98. The summed E-state index contributed by atoms with van der Waals surface area (Å²) in [4.78, 5) is 25.7. The van der Waals surface area contributed by atoms with Gasteiger partial charge in [0.1, 0.15) is 0 Å². The number of amides is 1. The fraction of sp³-hybridized carbons (Fsp3) is 0.429. The fourth-order valence-electron chi connectivity index (χ4n) is 2.13. The minimum absolute atomic E-state index is 0.160. The van der Waals surface area contributed by atoms with Crippen molar-refractivity contribution in [3.05, 3.63) is 35.4 Å². The molecular weight excluding hydrogens is 282 g/mol. The number of halogens is 1. The molecule has 1 aromatic carbocycles. The molecule has 1 amide bonds. The second-order valence-corrected chi connectivity index (χ2v) is 4.71. The van der Waals surface area contributed by atoms with Gasteiger partial charge in [-0.1, -0.05) is 12.1 Å². The van der Waals surface area contributed by atoms with Gasteiger partial charge in [-0.2, -0.15) is 0 Å². The van der Waals surface area contributed by atoms with E-state index in [4.69, 9.17) is 21.1 Å². The van der Waals surface area contributed by atoms with Gasteiger partial charge in [0.25, 0.3) is 5.91 Å². The number of hydrogen-bond acceptors (Lipinski definition) is 4. The molecule has 1 fully saturated rings. The smallest absolute Gasteiger partial charge is 0.331 e. The van der Waals surface area contributed by atoms with E-state index in [2.05, 4.69) is 0 Å². The van der Waals surface area contributed by atoms with Crippen LogP contribution in [0.2, 0.25) is 0 Å². The van der Waals surface area contributed by atoms with Gasteiger partial charge < -0.3 is 14.4 Å². The molecule has 0 bridgehead atoms. The van der Waals surface area contributed by atoms with Crippen molar-refractivity contribution < 1.29 is 19.1 Å². The first-order chi connectivity index (χ1) is 9.67. The molecule has 2 rings (SSSR count). The number of nitrogens with zero attached hydrogens (tertiary/aromatic N) is 1. The van der Waals surface area contributed by atoms with E-state index < -0.39 is 12.0 Å². The van der Waals surface area contributed by atoms with Gasteiger partial charge in [0.2, 0.25) is 0 Å². The zero-order chi connectivity index (χ0) is 14.5. The number of hydrogen-bond donors (Lipinski definition) is 0. The van der Waals surface area contributed by atoms with Gasteiger partial charge in [-0.15, -0.1) is 11.6 Å². The summed E-state index contributed by atoms with van der Waals surface area (Å²) < 4.78 is 9.97. The van der Waals surface area contributed by atoms with Crippen LogP contribution >= 0.6 is 11.6 Å². The van der Waals surface area contributed by atoms with Crippen LogP contribution in [0.4, 0.5) is 0 Å². The van der Waals surface area contributed by atoms with Crippen molar-refractivity contribution in [2.24, 2.45) is 0 Å². The van der Waals surface area contributed by atoms with E-state index in [1.165, 1.54) is 12.0 Å². The lowest BCUT2D eigenvalue weighted by atomic mass is 10.1. The van der Waals surface area contributed by atoms with E-state index in [1.54, 1.807) is 18.2 Å². The highest BCUT2D eigenvalue weighted by molar-refractivity contribution is 6.17. The second-order valence-electron chi connectivity index (χ2n) is 4.45. The number of carbonyl (C=O) groups is 2. The number of morpholine rings is 1. The van der Waals surface area contributed by atoms with Gasteiger partial charge in [-0.25, -0.2) is 4.79 Å². The number of rotatable bonds is 3. The maximum Gasteiger partial charge on any atom is 0.331 e. The van der Waals surface area contributed by atoms with E-state index >= 15 is 0 Å². The minimum Gasteiger partial charge on any atom is -0.467 e. The van der Waals surface area contributed by atoms with Crippen molar-refractivity contribution in [2.75, 3.05) is 26.9 Å². The molecule has 20 heavy (non-hydrogen) atoms. The van der Waals surface area contributed by atoms with E-state index in [0.717, 1.165) is 5.56 Å². The van der Waals surface area contributed by atoms with Crippen molar-refractivity contribution in [2.45, 2.75) is 11.9 Å². The first kappa shape index (κ1) is 14.8. The predicted molar refractivity (Wildman–Crippen MR) is 73.7 cm³/mol. The van der Waals surface area contributed by atoms with Crippen LogP contribution in [0.1, 0.15) is 15.9 Å². The van der Waals surface area contributed by atoms with Crippen LogP contribution in [0.3, 0.4) is 0 Å². The molecule has 0 radical (unpaired) electrons. The Morgan fingerprint density at radius 3 is 3.00 bits per heavy atom. The lowest BCUT2D eigenvalue weighted by Crippen LogP contribution is -2.53. The molecule has 1 aliphatic rings. The molecule has 1 atom stereocenters. The molecule has 1 saturated heterocycles. The first-order valence-electron chi connectivity index (χ1n) is 6.29. The van der Waals surface area contributed by atoms with Crippen LogP contribution in [-0.4, -0.2) is 49.7 Å². The van der Waals surface area contributed by atoms with Crippen molar-refractivity contribution >= 4 is 23.5 Å². The number of esters is 1. The molecule has 0 aromatic heterocycles. The van der Waals surface area contributed by atoms with Gasteiger partial charge in [0, 0.05) is 18.0 Å². The SMILES string of the molecule is COC(=O)C1COCCN1C(=O)c1cccc(CCl)c1. The summed E-state index contributed by atoms with van der Waals surface area (Å²) in [5, 5.41) is 0. The van der Waals surface area contributed by atoms with Crippen LogP contribution < -0.4 is 0 Å². The molecule has 6 heteroatoms.